The molecule has 0 heterocycles. The molecule has 0 aromatic heterocycles. The molecule has 1 aromatic rings. The van der Waals surface area contributed by atoms with Gasteiger partial charge in [0.15, 0.2) is 0 Å². The molecule has 1 aromatic carbocycles. The highest BCUT2D eigenvalue weighted by atomic mass is 35.5. The molecule has 0 aliphatic carbocycles. The minimum absolute atomic E-state index is 0.222. The van der Waals surface area contributed by atoms with E-state index < -0.39 is 0 Å². The van der Waals surface area contributed by atoms with E-state index in [9.17, 15) is 4.39 Å². The third-order valence-electron chi connectivity index (χ3n) is 2.88. The van der Waals surface area contributed by atoms with Crippen LogP contribution in [-0.2, 0) is 11.3 Å². The summed E-state index contributed by atoms with van der Waals surface area (Å²) in [6, 6.07) is 4.98. The average molecular weight is 274 g/mol. The summed E-state index contributed by atoms with van der Waals surface area (Å²) in [5.41, 5.74) is 0.626. The molecule has 0 bridgehead atoms. The summed E-state index contributed by atoms with van der Waals surface area (Å²) in [6.45, 7) is 8.03. The maximum atomic E-state index is 13.6. The highest BCUT2D eigenvalue weighted by Crippen LogP contribution is 2.15. The van der Waals surface area contributed by atoms with E-state index in [2.05, 4.69) is 19.2 Å². The molecule has 0 saturated carbocycles. The Morgan fingerprint density at radius 2 is 2.11 bits per heavy atom. The standard InChI is InChI=1S/C14H21ClFNO/c1-4-18-9-14(10(2)3)17-8-11-5-6-12(15)7-13(11)16/h5-7,10,14,17H,4,8-9H2,1-3H3. The zero-order valence-electron chi connectivity index (χ0n) is 11.2. The fraction of sp³-hybridized carbons (Fsp3) is 0.571. The lowest BCUT2D eigenvalue weighted by molar-refractivity contribution is 0.107. The Balaban J connectivity index is 2.55. The normalized spacial score (nSPS) is 13.0. The van der Waals surface area contributed by atoms with Crippen LogP contribution in [0.25, 0.3) is 0 Å². The van der Waals surface area contributed by atoms with Crippen molar-refractivity contribution in [3.8, 4) is 0 Å². The number of halogens is 2. The summed E-state index contributed by atoms with van der Waals surface area (Å²) < 4.78 is 19.0. The second-order valence-electron chi connectivity index (χ2n) is 4.63. The maximum Gasteiger partial charge on any atom is 0.129 e. The summed E-state index contributed by atoms with van der Waals surface area (Å²) in [5.74, 6) is 0.167. The monoisotopic (exact) mass is 273 g/mol. The Morgan fingerprint density at radius 3 is 2.67 bits per heavy atom. The molecule has 0 aliphatic heterocycles. The minimum Gasteiger partial charge on any atom is -0.380 e. The van der Waals surface area contributed by atoms with Gasteiger partial charge in [-0.15, -0.1) is 0 Å². The first kappa shape index (κ1) is 15.4. The Bertz CT molecular complexity index is 371. The van der Waals surface area contributed by atoms with E-state index in [0.717, 1.165) is 0 Å². The van der Waals surface area contributed by atoms with Gasteiger partial charge >= 0.3 is 0 Å². The largest absolute Gasteiger partial charge is 0.380 e. The maximum absolute atomic E-state index is 13.6. The van der Waals surface area contributed by atoms with Crippen molar-refractivity contribution in [2.24, 2.45) is 5.92 Å². The molecule has 1 unspecified atom stereocenters. The second-order valence-corrected chi connectivity index (χ2v) is 5.06. The Labute approximate surface area is 113 Å². The number of hydrogen-bond acceptors (Lipinski definition) is 2. The third-order valence-corrected chi connectivity index (χ3v) is 3.11. The van der Waals surface area contributed by atoms with E-state index in [1.165, 1.54) is 6.07 Å². The van der Waals surface area contributed by atoms with Crippen LogP contribution in [0.4, 0.5) is 4.39 Å². The van der Waals surface area contributed by atoms with Crippen molar-refractivity contribution in [1.82, 2.24) is 5.32 Å². The number of benzene rings is 1. The van der Waals surface area contributed by atoms with Gasteiger partial charge in [0.25, 0.3) is 0 Å². The first-order chi connectivity index (χ1) is 8.54. The van der Waals surface area contributed by atoms with Crippen molar-refractivity contribution in [3.63, 3.8) is 0 Å². The summed E-state index contributed by atoms with van der Waals surface area (Å²) in [6.07, 6.45) is 0. The van der Waals surface area contributed by atoms with Gasteiger partial charge in [0, 0.05) is 29.8 Å². The summed E-state index contributed by atoms with van der Waals surface area (Å²) in [7, 11) is 0. The predicted molar refractivity (Wildman–Crippen MR) is 73.4 cm³/mol. The van der Waals surface area contributed by atoms with Gasteiger partial charge in [-0.1, -0.05) is 31.5 Å². The highest BCUT2D eigenvalue weighted by molar-refractivity contribution is 6.30. The molecule has 4 heteroatoms. The van der Waals surface area contributed by atoms with Crippen LogP contribution in [0.3, 0.4) is 0 Å². The van der Waals surface area contributed by atoms with Crippen LogP contribution in [0.15, 0.2) is 18.2 Å². The fourth-order valence-corrected chi connectivity index (χ4v) is 1.80. The molecule has 0 spiro atoms. The van der Waals surface area contributed by atoms with Crippen molar-refractivity contribution < 1.29 is 9.13 Å². The van der Waals surface area contributed by atoms with Crippen LogP contribution in [0, 0.1) is 11.7 Å². The lowest BCUT2D eigenvalue weighted by Crippen LogP contribution is -2.37. The minimum atomic E-state index is -0.270. The molecule has 18 heavy (non-hydrogen) atoms. The van der Waals surface area contributed by atoms with Crippen LogP contribution >= 0.6 is 11.6 Å². The number of rotatable bonds is 7. The molecule has 1 rings (SSSR count). The van der Waals surface area contributed by atoms with E-state index in [0.29, 0.717) is 36.3 Å². The van der Waals surface area contributed by atoms with Gasteiger partial charge in [0.1, 0.15) is 5.82 Å². The van der Waals surface area contributed by atoms with Crippen molar-refractivity contribution >= 4 is 11.6 Å². The van der Waals surface area contributed by atoms with Crippen molar-refractivity contribution in [1.29, 1.82) is 0 Å². The first-order valence-electron chi connectivity index (χ1n) is 6.29. The molecule has 1 N–H and O–H groups in total. The van der Waals surface area contributed by atoms with Crippen LogP contribution in [0.5, 0.6) is 0 Å². The van der Waals surface area contributed by atoms with E-state index in [1.807, 2.05) is 6.92 Å². The lowest BCUT2D eigenvalue weighted by atomic mass is 10.0. The molecular formula is C14H21ClFNO. The first-order valence-corrected chi connectivity index (χ1v) is 6.67. The Kier molecular flexibility index (Phi) is 6.61. The second kappa shape index (κ2) is 7.72. The van der Waals surface area contributed by atoms with E-state index in [4.69, 9.17) is 16.3 Å². The SMILES string of the molecule is CCOCC(NCc1ccc(Cl)cc1F)C(C)C. The molecule has 2 nitrogen and oxygen atoms in total. The van der Waals surface area contributed by atoms with Crippen LogP contribution in [0.2, 0.25) is 5.02 Å². The van der Waals surface area contributed by atoms with Gasteiger partial charge in [-0.05, 0) is 25.0 Å². The smallest absolute Gasteiger partial charge is 0.129 e. The van der Waals surface area contributed by atoms with Gasteiger partial charge in [-0.2, -0.15) is 0 Å². The molecular weight excluding hydrogens is 253 g/mol. The van der Waals surface area contributed by atoms with Gasteiger partial charge in [-0.3, -0.25) is 0 Å². The average Bonchev–Trinajstić information content (AvgIpc) is 2.31. The predicted octanol–water partition coefficient (Wildman–Crippen LogP) is 3.63. The molecule has 1 atom stereocenters. The number of nitrogens with one attached hydrogen (secondary N) is 1. The summed E-state index contributed by atoms with van der Waals surface area (Å²) in [5, 5.41) is 3.74. The van der Waals surface area contributed by atoms with Crippen LogP contribution < -0.4 is 5.32 Å². The van der Waals surface area contributed by atoms with E-state index >= 15 is 0 Å². The van der Waals surface area contributed by atoms with Crippen LogP contribution in [-0.4, -0.2) is 19.3 Å². The van der Waals surface area contributed by atoms with E-state index in [1.54, 1.807) is 12.1 Å². The van der Waals surface area contributed by atoms with Gasteiger partial charge in [0.2, 0.25) is 0 Å². The molecule has 0 radical (unpaired) electrons. The molecule has 0 aliphatic rings. The molecule has 0 amide bonds. The van der Waals surface area contributed by atoms with Crippen molar-refractivity contribution in [3.05, 3.63) is 34.6 Å². The van der Waals surface area contributed by atoms with Crippen molar-refractivity contribution in [2.75, 3.05) is 13.2 Å². The highest BCUT2D eigenvalue weighted by Gasteiger charge is 2.13. The third kappa shape index (κ3) is 4.92. The van der Waals surface area contributed by atoms with Gasteiger partial charge in [-0.25, -0.2) is 4.39 Å². The zero-order chi connectivity index (χ0) is 13.5. The zero-order valence-corrected chi connectivity index (χ0v) is 11.9. The Hall–Kier alpha value is -0.640. The van der Waals surface area contributed by atoms with Crippen LogP contribution in [0.1, 0.15) is 26.3 Å². The number of hydrogen-bond donors (Lipinski definition) is 1. The van der Waals surface area contributed by atoms with E-state index in [-0.39, 0.29) is 11.9 Å². The quantitative estimate of drug-likeness (QED) is 0.819. The topological polar surface area (TPSA) is 21.3 Å². The Morgan fingerprint density at radius 1 is 1.39 bits per heavy atom. The lowest BCUT2D eigenvalue weighted by Gasteiger charge is -2.22. The van der Waals surface area contributed by atoms with Gasteiger partial charge < -0.3 is 10.1 Å². The van der Waals surface area contributed by atoms with Crippen molar-refractivity contribution in [2.45, 2.75) is 33.4 Å². The number of ether oxygens (including phenoxy) is 1. The van der Waals surface area contributed by atoms with Gasteiger partial charge in [0.05, 0.1) is 6.61 Å². The fourth-order valence-electron chi connectivity index (χ4n) is 1.64. The molecule has 102 valence electrons. The summed E-state index contributed by atoms with van der Waals surface area (Å²) >= 11 is 5.72. The molecule has 0 fully saturated rings. The summed E-state index contributed by atoms with van der Waals surface area (Å²) in [4.78, 5) is 0. The molecule has 0 saturated heterocycles.